The molecule has 0 saturated heterocycles. The van der Waals surface area contributed by atoms with Crippen LogP contribution in [0.2, 0.25) is 0 Å². The summed E-state index contributed by atoms with van der Waals surface area (Å²) in [5.41, 5.74) is 1.04. The van der Waals surface area contributed by atoms with Gasteiger partial charge in [0.05, 0.1) is 9.26 Å². The van der Waals surface area contributed by atoms with Crippen molar-refractivity contribution < 1.29 is 0 Å². The van der Waals surface area contributed by atoms with Crippen LogP contribution in [0.15, 0.2) is 5.16 Å². The number of hydrogen-bond donors (Lipinski definition) is 1. The molecule has 0 aliphatic carbocycles. The van der Waals surface area contributed by atoms with Gasteiger partial charge < -0.3 is 5.32 Å². The Morgan fingerprint density at radius 2 is 2.15 bits per heavy atom. The summed E-state index contributed by atoms with van der Waals surface area (Å²) in [5.74, 6) is 0.944. The standard InChI is InChI=1S/C8H12IN3S/c1-4-10-7-6(9)5(2)11-8(12-7)13-3/h4H2,1-3H3,(H,10,11,12). The lowest BCUT2D eigenvalue weighted by Crippen LogP contribution is -2.05. The van der Waals surface area contributed by atoms with Crippen LogP contribution in [0.3, 0.4) is 0 Å². The van der Waals surface area contributed by atoms with Gasteiger partial charge in [0, 0.05) is 6.54 Å². The number of halogens is 1. The minimum absolute atomic E-state index is 0.828. The summed E-state index contributed by atoms with van der Waals surface area (Å²) in [6.07, 6.45) is 1.98. The minimum Gasteiger partial charge on any atom is -0.369 e. The SMILES string of the molecule is CCNc1nc(SC)nc(C)c1I. The molecule has 0 aliphatic heterocycles. The molecule has 72 valence electrons. The van der Waals surface area contributed by atoms with E-state index in [1.807, 2.05) is 13.2 Å². The Balaban J connectivity index is 3.09. The van der Waals surface area contributed by atoms with E-state index in [1.165, 1.54) is 0 Å². The van der Waals surface area contributed by atoms with Crippen LogP contribution in [0.1, 0.15) is 12.6 Å². The second-order valence-electron chi connectivity index (χ2n) is 2.49. The fraction of sp³-hybridized carbons (Fsp3) is 0.500. The van der Waals surface area contributed by atoms with Gasteiger partial charge in [0.15, 0.2) is 5.16 Å². The number of anilines is 1. The fourth-order valence-electron chi connectivity index (χ4n) is 0.909. The van der Waals surface area contributed by atoms with Crippen molar-refractivity contribution in [3.8, 4) is 0 Å². The molecule has 1 aromatic rings. The molecule has 1 heterocycles. The quantitative estimate of drug-likeness (QED) is 0.529. The predicted molar refractivity (Wildman–Crippen MR) is 65.4 cm³/mol. The molecule has 0 radical (unpaired) electrons. The van der Waals surface area contributed by atoms with E-state index in [4.69, 9.17) is 0 Å². The number of rotatable bonds is 3. The molecule has 0 aliphatic rings. The molecule has 0 unspecified atom stereocenters. The van der Waals surface area contributed by atoms with Gasteiger partial charge in [-0.3, -0.25) is 0 Å². The Hall–Kier alpha value is -0.0400. The van der Waals surface area contributed by atoms with E-state index in [-0.39, 0.29) is 0 Å². The lowest BCUT2D eigenvalue weighted by atomic mass is 10.4. The first-order chi connectivity index (χ1) is 6.19. The third kappa shape index (κ3) is 2.70. The molecule has 13 heavy (non-hydrogen) atoms. The Morgan fingerprint density at radius 1 is 1.46 bits per heavy atom. The van der Waals surface area contributed by atoms with Gasteiger partial charge in [-0.05, 0) is 42.7 Å². The first kappa shape index (κ1) is 11.0. The van der Waals surface area contributed by atoms with Crippen molar-refractivity contribution >= 4 is 40.2 Å². The zero-order chi connectivity index (χ0) is 9.84. The van der Waals surface area contributed by atoms with Crippen LogP contribution in [0, 0.1) is 10.5 Å². The largest absolute Gasteiger partial charge is 0.369 e. The van der Waals surface area contributed by atoms with Crippen LogP contribution in [-0.4, -0.2) is 22.8 Å². The van der Waals surface area contributed by atoms with E-state index in [9.17, 15) is 0 Å². The molecule has 0 fully saturated rings. The molecule has 5 heteroatoms. The van der Waals surface area contributed by atoms with Crippen LogP contribution in [0.25, 0.3) is 0 Å². The van der Waals surface area contributed by atoms with E-state index in [0.29, 0.717) is 0 Å². The highest BCUT2D eigenvalue weighted by Gasteiger charge is 2.07. The molecular weight excluding hydrogens is 297 g/mol. The second-order valence-corrected chi connectivity index (χ2v) is 4.34. The van der Waals surface area contributed by atoms with Crippen molar-refractivity contribution in [3.63, 3.8) is 0 Å². The van der Waals surface area contributed by atoms with E-state index in [2.05, 4.69) is 44.8 Å². The van der Waals surface area contributed by atoms with E-state index in [0.717, 1.165) is 26.8 Å². The molecular formula is C8H12IN3S. The third-order valence-corrected chi connectivity index (χ3v) is 3.36. The van der Waals surface area contributed by atoms with Gasteiger partial charge in [0.25, 0.3) is 0 Å². The molecule has 0 amide bonds. The third-order valence-electron chi connectivity index (χ3n) is 1.52. The summed E-state index contributed by atoms with van der Waals surface area (Å²) in [7, 11) is 0. The van der Waals surface area contributed by atoms with Crippen LogP contribution < -0.4 is 5.32 Å². The van der Waals surface area contributed by atoms with Crippen LogP contribution in [0.5, 0.6) is 0 Å². The lowest BCUT2D eigenvalue weighted by molar-refractivity contribution is 0.919. The van der Waals surface area contributed by atoms with Gasteiger partial charge in [-0.25, -0.2) is 9.97 Å². The zero-order valence-electron chi connectivity index (χ0n) is 7.89. The molecule has 1 aromatic heterocycles. The predicted octanol–water partition coefficient (Wildman–Crippen LogP) is 2.54. The van der Waals surface area contributed by atoms with Crippen LogP contribution in [-0.2, 0) is 0 Å². The van der Waals surface area contributed by atoms with Crippen molar-refractivity contribution in [2.24, 2.45) is 0 Å². The molecule has 0 saturated carbocycles. The summed E-state index contributed by atoms with van der Waals surface area (Å²) in [6, 6.07) is 0. The summed E-state index contributed by atoms with van der Waals surface area (Å²) in [6.45, 7) is 4.95. The number of thioether (sulfide) groups is 1. The van der Waals surface area contributed by atoms with E-state index in [1.54, 1.807) is 11.8 Å². The van der Waals surface area contributed by atoms with Gasteiger partial charge >= 0.3 is 0 Å². The Bertz CT molecular complexity index is 304. The van der Waals surface area contributed by atoms with Gasteiger partial charge in [0.2, 0.25) is 0 Å². The van der Waals surface area contributed by atoms with Gasteiger partial charge in [-0.15, -0.1) is 0 Å². The first-order valence-corrected chi connectivity index (χ1v) is 6.31. The summed E-state index contributed by atoms with van der Waals surface area (Å²) < 4.78 is 1.11. The van der Waals surface area contributed by atoms with Crippen molar-refractivity contribution in [1.29, 1.82) is 0 Å². The summed E-state index contributed by atoms with van der Waals surface area (Å²) in [5, 5.41) is 4.05. The number of hydrogen-bond acceptors (Lipinski definition) is 4. The maximum Gasteiger partial charge on any atom is 0.189 e. The Kier molecular flexibility index (Phi) is 4.24. The fourth-order valence-corrected chi connectivity index (χ4v) is 1.75. The molecule has 1 N–H and O–H groups in total. The Labute approximate surface area is 96.3 Å². The molecule has 1 rings (SSSR count). The van der Waals surface area contributed by atoms with Crippen molar-refractivity contribution in [1.82, 2.24) is 9.97 Å². The highest BCUT2D eigenvalue weighted by molar-refractivity contribution is 14.1. The summed E-state index contributed by atoms with van der Waals surface area (Å²) >= 11 is 3.83. The van der Waals surface area contributed by atoms with Crippen LogP contribution >= 0.6 is 34.4 Å². The van der Waals surface area contributed by atoms with Gasteiger partial charge in [-0.1, -0.05) is 11.8 Å². The highest BCUT2D eigenvalue weighted by Crippen LogP contribution is 2.21. The first-order valence-electron chi connectivity index (χ1n) is 4.01. The number of nitrogens with zero attached hydrogens (tertiary/aromatic N) is 2. The smallest absolute Gasteiger partial charge is 0.189 e. The van der Waals surface area contributed by atoms with Crippen LogP contribution in [0.4, 0.5) is 5.82 Å². The topological polar surface area (TPSA) is 37.8 Å². The van der Waals surface area contributed by atoms with Gasteiger partial charge in [-0.2, -0.15) is 0 Å². The van der Waals surface area contributed by atoms with Crippen molar-refractivity contribution in [2.45, 2.75) is 19.0 Å². The van der Waals surface area contributed by atoms with E-state index < -0.39 is 0 Å². The lowest BCUT2D eigenvalue weighted by Gasteiger charge is -2.08. The molecule has 0 aromatic carbocycles. The van der Waals surface area contributed by atoms with Crippen molar-refractivity contribution in [3.05, 3.63) is 9.26 Å². The van der Waals surface area contributed by atoms with Gasteiger partial charge in [0.1, 0.15) is 5.82 Å². The monoisotopic (exact) mass is 309 g/mol. The maximum atomic E-state index is 4.37. The number of nitrogens with one attached hydrogen (secondary N) is 1. The minimum atomic E-state index is 0.828. The molecule has 3 nitrogen and oxygen atoms in total. The normalized spacial score (nSPS) is 10.2. The molecule has 0 spiro atoms. The number of aryl methyl sites for hydroxylation is 1. The second kappa shape index (κ2) is 4.99. The molecule has 0 atom stereocenters. The van der Waals surface area contributed by atoms with Crippen molar-refractivity contribution in [2.75, 3.05) is 18.1 Å². The summed E-state index contributed by atoms with van der Waals surface area (Å²) in [4.78, 5) is 8.71. The maximum absolute atomic E-state index is 4.37. The zero-order valence-corrected chi connectivity index (χ0v) is 10.9. The van der Waals surface area contributed by atoms with E-state index >= 15 is 0 Å². The number of aromatic nitrogens is 2. The average Bonchev–Trinajstić information content (AvgIpc) is 2.13. The Morgan fingerprint density at radius 3 is 2.69 bits per heavy atom. The molecule has 0 bridgehead atoms. The highest BCUT2D eigenvalue weighted by atomic mass is 127. The average molecular weight is 309 g/mol.